The molecule has 0 N–H and O–H groups in total. The number of ether oxygens (including phenoxy) is 2. The fraction of sp³-hybridized carbons (Fsp3) is 0.429. The molecule has 2 rings (SSSR count). The highest BCUT2D eigenvalue weighted by Crippen LogP contribution is 2.30. The number of aryl methyl sites for hydroxylation is 4. The molecular weight excluding hydrogens is 432 g/mol. The maximum Gasteiger partial charge on any atom is 0.350 e. The minimum absolute atomic E-state index is 0.0319. The number of allylic oxidation sites excluding steroid dienone is 1. The van der Waals surface area contributed by atoms with Gasteiger partial charge in [-0.15, -0.1) is 11.8 Å². The minimum atomic E-state index is -1.13. The van der Waals surface area contributed by atoms with Crippen molar-refractivity contribution in [3.8, 4) is 5.75 Å². The van der Waals surface area contributed by atoms with E-state index in [0.717, 1.165) is 27.8 Å². The Kier molecular flexibility index (Phi) is 8.23. The number of thioether (sulfide) groups is 1. The van der Waals surface area contributed by atoms with E-state index < -0.39 is 17.2 Å². The number of ketones is 1. The largest absolute Gasteiger partial charge is 0.476 e. The summed E-state index contributed by atoms with van der Waals surface area (Å²) in [4.78, 5) is 26.6. The topological polar surface area (TPSA) is 52.6 Å². The van der Waals surface area contributed by atoms with Crippen molar-refractivity contribution in [3.63, 3.8) is 0 Å². The van der Waals surface area contributed by atoms with Gasteiger partial charge in [-0.2, -0.15) is 0 Å². The van der Waals surface area contributed by atoms with E-state index in [1.165, 1.54) is 4.90 Å². The smallest absolute Gasteiger partial charge is 0.350 e. The molecule has 0 atom stereocenters. The van der Waals surface area contributed by atoms with Gasteiger partial charge in [-0.1, -0.05) is 6.08 Å². The van der Waals surface area contributed by atoms with E-state index in [1.807, 2.05) is 85.1 Å². The van der Waals surface area contributed by atoms with Gasteiger partial charge in [0.25, 0.3) is 0 Å². The van der Waals surface area contributed by atoms with Crippen molar-refractivity contribution in [2.45, 2.75) is 78.4 Å². The van der Waals surface area contributed by atoms with Crippen LogP contribution in [-0.4, -0.2) is 29.2 Å². The zero-order valence-electron chi connectivity index (χ0n) is 21.5. The Morgan fingerprint density at radius 2 is 1.36 bits per heavy atom. The Morgan fingerprint density at radius 1 is 0.848 bits per heavy atom. The monoisotopic (exact) mass is 468 g/mol. The van der Waals surface area contributed by atoms with Crippen molar-refractivity contribution in [2.75, 3.05) is 6.26 Å². The van der Waals surface area contributed by atoms with Gasteiger partial charge in [0.05, 0.1) is 0 Å². The van der Waals surface area contributed by atoms with Crippen LogP contribution < -0.4 is 4.74 Å². The minimum Gasteiger partial charge on any atom is -0.476 e. The van der Waals surface area contributed by atoms with E-state index in [1.54, 1.807) is 31.7 Å². The van der Waals surface area contributed by atoms with Gasteiger partial charge < -0.3 is 9.47 Å². The molecule has 2 aromatic carbocycles. The summed E-state index contributed by atoms with van der Waals surface area (Å²) in [6, 6.07) is 7.78. The van der Waals surface area contributed by atoms with E-state index in [9.17, 15) is 9.59 Å². The predicted molar refractivity (Wildman–Crippen MR) is 138 cm³/mol. The highest BCUT2D eigenvalue weighted by atomic mass is 32.2. The lowest BCUT2D eigenvalue weighted by Gasteiger charge is -2.30. The molecule has 0 radical (unpaired) electrons. The standard InChI is InChI=1S/C28H36O4S/c1-17-13-21(11-12-23(29)22-15-19(3)25(33-10)20(4)16-22)14-18(2)24(17)31-28(8,9)26(30)32-27(5,6)7/h11-16H,1-10H3. The Balaban J connectivity index is 2.24. The van der Waals surface area contributed by atoms with Gasteiger partial charge in [-0.05, 0) is 127 Å². The summed E-state index contributed by atoms with van der Waals surface area (Å²) in [5, 5.41) is 0. The van der Waals surface area contributed by atoms with Crippen molar-refractivity contribution in [3.05, 3.63) is 63.7 Å². The van der Waals surface area contributed by atoms with Crippen LogP contribution in [0.1, 0.15) is 72.8 Å². The second kappa shape index (κ2) is 10.2. The quantitative estimate of drug-likeness (QED) is 0.189. The van der Waals surface area contributed by atoms with Crippen LogP contribution in [0.2, 0.25) is 0 Å². The number of carbonyl (C=O) groups is 2. The van der Waals surface area contributed by atoms with Crippen molar-refractivity contribution in [1.29, 1.82) is 0 Å². The third-order valence-corrected chi connectivity index (χ3v) is 6.16. The molecule has 0 fully saturated rings. The Hall–Kier alpha value is -2.53. The first kappa shape index (κ1) is 26.7. The first-order chi connectivity index (χ1) is 15.1. The van der Waals surface area contributed by atoms with E-state index in [2.05, 4.69) is 0 Å². The average Bonchev–Trinajstić information content (AvgIpc) is 2.67. The van der Waals surface area contributed by atoms with Crippen molar-refractivity contribution >= 4 is 29.6 Å². The number of hydrogen-bond donors (Lipinski definition) is 0. The van der Waals surface area contributed by atoms with E-state index in [-0.39, 0.29) is 5.78 Å². The molecule has 33 heavy (non-hydrogen) atoms. The van der Waals surface area contributed by atoms with Crippen molar-refractivity contribution in [1.82, 2.24) is 0 Å². The normalized spacial score (nSPS) is 12.2. The summed E-state index contributed by atoms with van der Waals surface area (Å²) >= 11 is 1.70. The van der Waals surface area contributed by atoms with Crippen LogP contribution in [-0.2, 0) is 9.53 Å². The Bertz CT molecular complexity index is 1040. The molecule has 0 saturated carbocycles. The molecule has 0 aliphatic heterocycles. The molecule has 0 bridgehead atoms. The lowest BCUT2D eigenvalue weighted by atomic mass is 10.0. The zero-order chi connectivity index (χ0) is 25.1. The lowest BCUT2D eigenvalue weighted by Crippen LogP contribution is -2.43. The number of carbonyl (C=O) groups excluding carboxylic acids is 2. The summed E-state index contributed by atoms with van der Waals surface area (Å²) in [7, 11) is 0. The summed E-state index contributed by atoms with van der Waals surface area (Å²) < 4.78 is 11.6. The van der Waals surface area contributed by atoms with Crippen LogP contribution in [0.5, 0.6) is 5.75 Å². The molecule has 0 unspecified atom stereocenters. The fourth-order valence-electron chi connectivity index (χ4n) is 3.62. The molecule has 4 nitrogen and oxygen atoms in total. The van der Waals surface area contributed by atoms with E-state index >= 15 is 0 Å². The van der Waals surface area contributed by atoms with Crippen LogP contribution in [0.15, 0.2) is 35.2 Å². The van der Waals surface area contributed by atoms with Crippen LogP contribution in [0.25, 0.3) is 6.08 Å². The van der Waals surface area contributed by atoms with Gasteiger partial charge in [-0.3, -0.25) is 4.79 Å². The first-order valence-electron chi connectivity index (χ1n) is 11.1. The first-order valence-corrected chi connectivity index (χ1v) is 12.3. The number of esters is 1. The molecule has 2 aromatic rings. The summed E-state index contributed by atoms with van der Waals surface area (Å²) in [5.41, 5.74) is 3.86. The summed E-state index contributed by atoms with van der Waals surface area (Å²) in [6.07, 6.45) is 5.47. The van der Waals surface area contributed by atoms with Crippen LogP contribution in [0, 0.1) is 27.7 Å². The van der Waals surface area contributed by atoms with Gasteiger partial charge >= 0.3 is 5.97 Å². The molecule has 0 aliphatic carbocycles. The third kappa shape index (κ3) is 6.97. The highest BCUT2D eigenvalue weighted by Gasteiger charge is 2.35. The van der Waals surface area contributed by atoms with Crippen LogP contribution in [0.4, 0.5) is 0 Å². The molecule has 0 aromatic heterocycles. The zero-order valence-corrected chi connectivity index (χ0v) is 22.3. The number of hydrogen-bond acceptors (Lipinski definition) is 5. The fourth-order valence-corrected chi connectivity index (χ4v) is 4.38. The van der Waals surface area contributed by atoms with E-state index in [0.29, 0.717) is 11.3 Å². The second-order valence-electron chi connectivity index (χ2n) is 9.94. The SMILES string of the molecule is CSc1c(C)cc(C(=O)C=Cc2cc(C)c(OC(C)(C)C(=O)OC(C)(C)C)c(C)c2)cc1C. The molecule has 5 heteroatoms. The van der Waals surface area contributed by atoms with Gasteiger partial charge in [0.15, 0.2) is 11.4 Å². The third-order valence-electron chi connectivity index (χ3n) is 5.11. The molecule has 0 saturated heterocycles. The van der Waals surface area contributed by atoms with Gasteiger partial charge in [0.1, 0.15) is 11.4 Å². The van der Waals surface area contributed by atoms with Gasteiger partial charge in [0, 0.05) is 10.5 Å². The van der Waals surface area contributed by atoms with Crippen LogP contribution in [0.3, 0.4) is 0 Å². The Labute approximate surface area is 202 Å². The molecule has 178 valence electrons. The average molecular weight is 469 g/mol. The summed E-state index contributed by atoms with van der Waals surface area (Å²) in [6.45, 7) is 16.8. The summed E-state index contributed by atoms with van der Waals surface area (Å²) in [5.74, 6) is 0.199. The van der Waals surface area contributed by atoms with E-state index in [4.69, 9.17) is 9.47 Å². The van der Waals surface area contributed by atoms with Crippen molar-refractivity contribution in [2.24, 2.45) is 0 Å². The number of benzene rings is 2. The molecule has 0 aliphatic rings. The number of rotatable bonds is 7. The van der Waals surface area contributed by atoms with Gasteiger partial charge in [0.2, 0.25) is 0 Å². The van der Waals surface area contributed by atoms with Crippen LogP contribution >= 0.6 is 11.8 Å². The highest BCUT2D eigenvalue weighted by molar-refractivity contribution is 7.98. The molecule has 0 heterocycles. The molecule has 0 amide bonds. The maximum absolute atomic E-state index is 12.8. The van der Waals surface area contributed by atoms with Gasteiger partial charge in [-0.25, -0.2) is 4.79 Å². The maximum atomic E-state index is 12.8. The lowest BCUT2D eigenvalue weighted by molar-refractivity contribution is -0.171. The van der Waals surface area contributed by atoms with Crippen molar-refractivity contribution < 1.29 is 19.1 Å². The Morgan fingerprint density at radius 3 is 1.82 bits per heavy atom. The molecular formula is C28H36O4S. The second-order valence-corrected chi connectivity index (χ2v) is 10.8. The predicted octanol–water partition coefficient (Wildman–Crippen LogP) is 7.04. The molecule has 0 spiro atoms.